The lowest BCUT2D eigenvalue weighted by Gasteiger charge is -2.06. The van der Waals surface area contributed by atoms with Gasteiger partial charge in [0.1, 0.15) is 11.5 Å². The van der Waals surface area contributed by atoms with Crippen molar-refractivity contribution < 1.29 is 18.3 Å². The number of carbonyl (C=O) groups excluding carboxylic acids is 1. The first kappa shape index (κ1) is 15.2. The number of ether oxygens (including phenoxy) is 1. The number of hydrogen-bond acceptors (Lipinski definition) is 5. The number of carbonyl (C=O) groups is 1. The van der Waals surface area contributed by atoms with Gasteiger partial charge in [0.25, 0.3) is 0 Å². The van der Waals surface area contributed by atoms with E-state index in [1.807, 2.05) is 0 Å². The van der Waals surface area contributed by atoms with Crippen LogP contribution in [0.25, 0.3) is 17.1 Å². The molecule has 0 spiro atoms. The van der Waals surface area contributed by atoms with E-state index in [2.05, 4.69) is 10.3 Å². The highest BCUT2D eigenvalue weighted by molar-refractivity contribution is 6.30. The van der Waals surface area contributed by atoms with Gasteiger partial charge in [-0.25, -0.2) is 13.9 Å². The summed E-state index contributed by atoms with van der Waals surface area (Å²) in [6, 6.07) is 7.38. The molecule has 0 radical (unpaired) electrons. The smallest absolute Gasteiger partial charge is 0.361 e. The van der Waals surface area contributed by atoms with Crippen LogP contribution in [0.5, 0.6) is 0 Å². The van der Waals surface area contributed by atoms with Crippen LogP contribution in [0.3, 0.4) is 0 Å². The second-order valence-corrected chi connectivity index (χ2v) is 4.90. The largest absolute Gasteiger partial charge is 0.463 e. The molecule has 2 aromatic heterocycles. The van der Waals surface area contributed by atoms with Crippen molar-refractivity contribution in [3.05, 3.63) is 53.1 Å². The van der Waals surface area contributed by atoms with E-state index in [0.717, 1.165) is 0 Å². The lowest BCUT2D eigenvalue weighted by Crippen LogP contribution is -2.07. The standard InChI is InChI=1S/C15H11ClFN3O3/c1-2-22-15(21)13-14(12-4-3-7-23-12)20(19-18-13)9-5-6-11(17)10(16)8-9/h3-8H,2H2,1H3. The van der Waals surface area contributed by atoms with Gasteiger partial charge in [-0.3, -0.25) is 0 Å². The highest BCUT2D eigenvalue weighted by atomic mass is 35.5. The minimum Gasteiger partial charge on any atom is -0.463 e. The first-order chi connectivity index (χ1) is 11.1. The Morgan fingerprint density at radius 1 is 1.43 bits per heavy atom. The van der Waals surface area contributed by atoms with Gasteiger partial charge in [0, 0.05) is 0 Å². The predicted octanol–water partition coefficient (Wildman–Crippen LogP) is 3.50. The molecule has 1 aromatic carbocycles. The summed E-state index contributed by atoms with van der Waals surface area (Å²) < 4.78 is 25.0. The first-order valence-corrected chi connectivity index (χ1v) is 7.11. The molecule has 0 bridgehead atoms. The van der Waals surface area contributed by atoms with E-state index < -0.39 is 11.8 Å². The fourth-order valence-corrected chi connectivity index (χ4v) is 2.23. The topological polar surface area (TPSA) is 70.2 Å². The van der Waals surface area contributed by atoms with Gasteiger partial charge in [-0.2, -0.15) is 0 Å². The third-order valence-corrected chi connectivity index (χ3v) is 3.33. The fraction of sp³-hybridized carbons (Fsp3) is 0.133. The second kappa shape index (κ2) is 6.21. The molecule has 3 rings (SSSR count). The molecule has 0 fully saturated rings. The number of nitrogens with zero attached hydrogens (tertiary/aromatic N) is 3. The van der Waals surface area contributed by atoms with Gasteiger partial charge in [-0.1, -0.05) is 16.8 Å². The zero-order chi connectivity index (χ0) is 16.4. The van der Waals surface area contributed by atoms with Crippen molar-refractivity contribution in [2.75, 3.05) is 6.61 Å². The molecule has 0 amide bonds. The van der Waals surface area contributed by atoms with Gasteiger partial charge in [0.2, 0.25) is 5.69 Å². The highest BCUT2D eigenvalue weighted by Gasteiger charge is 2.25. The monoisotopic (exact) mass is 335 g/mol. The van der Waals surface area contributed by atoms with E-state index in [1.54, 1.807) is 19.1 Å². The molecule has 0 aliphatic rings. The van der Waals surface area contributed by atoms with Crippen LogP contribution in [0.2, 0.25) is 5.02 Å². The normalized spacial score (nSPS) is 10.7. The Hall–Kier alpha value is -2.67. The zero-order valence-electron chi connectivity index (χ0n) is 12.0. The number of aromatic nitrogens is 3. The minimum atomic E-state index is -0.627. The zero-order valence-corrected chi connectivity index (χ0v) is 12.7. The van der Waals surface area contributed by atoms with E-state index in [1.165, 1.54) is 29.1 Å². The predicted molar refractivity (Wildman–Crippen MR) is 80.0 cm³/mol. The van der Waals surface area contributed by atoms with Gasteiger partial charge < -0.3 is 9.15 Å². The molecule has 0 aliphatic carbocycles. The van der Waals surface area contributed by atoms with Crippen molar-refractivity contribution in [3.8, 4) is 17.1 Å². The van der Waals surface area contributed by atoms with Crippen LogP contribution >= 0.6 is 11.6 Å². The first-order valence-electron chi connectivity index (χ1n) is 6.74. The van der Waals surface area contributed by atoms with Crippen LogP contribution < -0.4 is 0 Å². The second-order valence-electron chi connectivity index (χ2n) is 4.49. The number of benzene rings is 1. The SMILES string of the molecule is CCOC(=O)c1nnn(-c2ccc(F)c(Cl)c2)c1-c1ccco1. The van der Waals surface area contributed by atoms with Crippen molar-refractivity contribution in [1.82, 2.24) is 15.0 Å². The summed E-state index contributed by atoms with van der Waals surface area (Å²) in [5, 5.41) is 7.73. The van der Waals surface area contributed by atoms with Crippen LogP contribution in [-0.4, -0.2) is 27.6 Å². The Morgan fingerprint density at radius 3 is 2.91 bits per heavy atom. The highest BCUT2D eigenvalue weighted by Crippen LogP contribution is 2.28. The van der Waals surface area contributed by atoms with Crippen molar-refractivity contribution in [1.29, 1.82) is 0 Å². The average molecular weight is 336 g/mol. The summed E-state index contributed by atoms with van der Waals surface area (Å²) >= 11 is 5.81. The van der Waals surface area contributed by atoms with E-state index in [0.29, 0.717) is 17.1 Å². The molecule has 0 aliphatic heterocycles. The van der Waals surface area contributed by atoms with Gasteiger partial charge >= 0.3 is 5.97 Å². The van der Waals surface area contributed by atoms with E-state index in [-0.39, 0.29) is 17.3 Å². The molecular weight excluding hydrogens is 325 g/mol. The van der Waals surface area contributed by atoms with E-state index in [9.17, 15) is 9.18 Å². The molecule has 6 nitrogen and oxygen atoms in total. The minimum absolute atomic E-state index is 0.00208. The Morgan fingerprint density at radius 2 is 2.26 bits per heavy atom. The summed E-state index contributed by atoms with van der Waals surface area (Å²) in [7, 11) is 0. The Bertz CT molecular complexity index is 846. The molecule has 0 saturated heterocycles. The molecule has 3 aromatic rings. The van der Waals surface area contributed by atoms with Gasteiger partial charge in [-0.05, 0) is 37.3 Å². The summed E-state index contributed by atoms with van der Waals surface area (Å²) in [6.07, 6.45) is 1.46. The van der Waals surface area contributed by atoms with Gasteiger partial charge in [-0.15, -0.1) is 5.10 Å². The summed E-state index contributed by atoms with van der Waals surface area (Å²) in [6.45, 7) is 1.89. The maximum absolute atomic E-state index is 13.4. The lowest BCUT2D eigenvalue weighted by molar-refractivity contribution is 0.0520. The molecule has 0 N–H and O–H groups in total. The Kier molecular flexibility index (Phi) is 4.12. The molecule has 0 atom stereocenters. The van der Waals surface area contributed by atoms with Crippen LogP contribution in [-0.2, 0) is 4.74 Å². The van der Waals surface area contributed by atoms with Crippen LogP contribution in [0.15, 0.2) is 41.0 Å². The molecular formula is C15H11ClFN3O3. The van der Waals surface area contributed by atoms with Crippen molar-refractivity contribution in [3.63, 3.8) is 0 Å². The third kappa shape index (κ3) is 2.83. The van der Waals surface area contributed by atoms with E-state index >= 15 is 0 Å². The molecule has 23 heavy (non-hydrogen) atoms. The summed E-state index contributed by atoms with van der Waals surface area (Å²) in [5.41, 5.74) is 0.740. The molecule has 0 saturated carbocycles. The van der Waals surface area contributed by atoms with Crippen LogP contribution in [0.1, 0.15) is 17.4 Å². The number of esters is 1. The fourth-order valence-electron chi connectivity index (χ4n) is 2.05. The van der Waals surface area contributed by atoms with E-state index in [4.69, 9.17) is 20.8 Å². The quantitative estimate of drug-likeness (QED) is 0.682. The van der Waals surface area contributed by atoms with Gasteiger partial charge in [0.05, 0.1) is 23.6 Å². The Labute approximate surface area is 135 Å². The van der Waals surface area contributed by atoms with Crippen molar-refractivity contribution in [2.45, 2.75) is 6.92 Å². The van der Waals surface area contributed by atoms with Gasteiger partial charge in [0.15, 0.2) is 5.76 Å². The molecule has 0 unspecified atom stereocenters. The maximum Gasteiger partial charge on any atom is 0.361 e. The van der Waals surface area contributed by atoms with Crippen molar-refractivity contribution >= 4 is 17.6 Å². The number of furan rings is 1. The molecule has 2 heterocycles. The third-order valence-electron chi connectivity index (χ3n) is 3.04. The number of rotatable bonds is 4. The van der Waals surface area contributed by atoms with Crippen LogP contribution in [0, 0.1) is 5.82 Å². The summed E-state index contributed by atoms with van der Waals surface area (Å²) in [5.74, 6) is -0.808. The number of hydrogen-bond donors (Lipinski definition) is 0. The molecule has 8 heteroatoms. The van der Waals surface area contributed by atoms with Crippen LogP contribution in [0.4, 0.5) is 4.39 Å². The molecule has 118 valence electrons. The Balaban J connectivity index is 2.17. The maximum atomic E-state index is 13.4. The average Bonchev–Trinajstić information content (AvgIpc) is 3.18. The lowest BCUT2D eigenvalue weighted by atomic mass is 10.2. The van der Waals surface area contributed by atoms with Crippen molar-refractivity contribution in [2.24, 2.45) is 0 Å². The number of halogens is 2. The summed E-state index contributed by atoms with van der Waals surface area (Å²) in [4.78, 5) is 12.1.